The maximum Gasteiger partial charge on any atom is 0.435 e. The third-order valence-electron chi connectivity index (χ3n) is 2.36. The van der Waals surface area contributed by atoms with E-state index in [9.17, 15) is 13.2 Å². The van der Waals surface area contributed by atoms with Crippen molar-refractivity contribution in [2.24, 2.45) is 14.1 Å². The molecule has 2 aromatic rings. The highest BCUT2D eigenvalue weighted by Crippen LogP contribution is 2.30. The summed E-state index contributed by atoms with van der Waals surface area (Å²) in [6.45, 7) is 0.0500. The number of halogens is 3. The fraction of sp³-hybridized carbons (Fsp3) is 0.400. The number of aromatic nitrogens is 4. The third kappa shape index (κ3) is 2.63. The fourth-order valence-corrected chi connectivity index (χ4v) is 1.62. The molecule has 0 bridgehead atoms. The van der Waals surface area contributed by atoms with E-state index in [1.54, 1.807) is 24.1 Å². The Morgan fingerprint density at radius 3 is 2.50 bits per heavy atom. The van der Waals surface area contributed by atoms with Crippen LogP contribution in [0.2, 0.25) is 0 Å². The van der Waals surface area contributed by atoms with Gasteiger partial charge >= 0.3 is 6.18 Å². The number of aryl methyl sites for hydroxylation is 2. The second-order valence-corrected chi connectivity index (χ2v) is 3.93. The van der Waals surface area contributed by atoms with Crippen molar-refractivity contribution >= 4 is 5.69 Å². The van der Waals surface area contributed by atoms with Gasteiger partial charge < -0.3 is 5.32 Å². The van der Waals surface area contributed by atoms with E-state index in [0.29, 0.717) is 5.69 Å². The van der Waals surface area contributed by atoms with Crippen LogP contribution in [0.4, 0.5) is 18.9 Å². The van der Waals surface area contributed by atoms with Gasteiger partial charge in [-0.25, -0.2) is 0 Å². The van der Waals surface area contributed by atoms with Gasteiger partial charge in [0.05, 0.1) is 11.9 Å². The minimum Gasteiger partial charge on any atom is -0.378 e. The Hall–Kier alpha value is -1.99. The van der Waals surface area contributed by atoms with Crippen LogP contribution in [0.5, 0.6) is 0 Å². The first kappa shape index (κ1) is 12.5. The molecule has 0 aliphatic heterocycles. The molecule has 8 heteroatoms. The van der Waals surface area contributed by atoms with E-state index in [1.165, 1.54) is 13.2 Å². The highest BCUT2D eigenvalue weighted by atomic mass is 19.4. The molecule has 18 heavy (non-hydrogen) atoms. The maximum absolute atomic E-state index is 12.7. The number of nitrogens with zero attached hydrogens (tertiary/aromatic N) is 4. The standard InChI is InChI=1S/C10H12F3N5/c1-17-6-8(4-15-17)14-3-7-5-18(2)16-9(7)10(11,12)13/h4-6,14H,3H2,1-2H3. The minimum absolute atomic E-state index is 0.0500. The predicted molar refractivity (Wildman–Crippen MR) is 58.7 cm³/mol. The summed E-state index contributed by atoms with van der Waals surface area (Å²) < 4.78 is 40.7. The van der Waals surface area contributed by atoms with Crippen molar-refractivity contribution in [3.8, 4) is 0 Å². The fourth-order valence-electron chi connectivity index (χ4n) is 1.62. The highest BCUT2D eigenvalue weighted by molar-refractivity contribution is 5.39. The second kappa shape index (κ2) is 4.35. The van der Waals surface area contributed by atoms with Crippen molar-refractivity contribution in [1.82, 2.24) is 19.6 Å². The summed E-state index contributed by atoms with van der Waals surface area (Å²) in [5, 5.41) is 10.2. The van der Waals surface area contributed by atoms with Crippen LogP contribution in [0.15, 0.2) is 18.6 Å². The Bertz CT molecular complexity index is 540. The average molecular weight is 259 g/mol. The molecule has 2 heterocycles. The Kier molecular flexibility index (Phi) is 3.02. The number of rotatable bonds is 3. The first-order chi connectivity index (χ1) is 8.36. The summed E-state index contributed by atoms with van der Waals surface area (Å²) in [6, 6.07) is 0. The lowest BCUT2D eigenvalue weighted by Gasteiger charge is -2.06. The molecule has 0 aromatic carbocycles. The molecular weight excluding hydrogens is 247 g/mol. The molecule has 2 rings (SSSR count). The molecule has 0 spiro atoms. The van der Waals surface area contributed by atoms with E-state index >= 15 is 0 Å². The molecular formula is C10H12F3N5. The van der Waals surface area contributed by atoms with Gasteiger partial charge in [-0.1, -0.05) is 0 Å². The lowest BCUT2D eigenvalue weighted by molar-refractivity contribution is -0.142. The lowest BCUT2D eigenvalue weighted by atomic mass is 10.2. The van der Waals surface area contributed by atoms with Gasteiger partial charge in [0.25, 0.3) is 0 Å². The molecule has 98 valence electrons. The zero-order chi connectivity index (χ0) is 13.3. The number of hydrogen-bond donors (Lipinski definition) is 1. The largest absolute Gasteiger partial charge is 0.435 e. The second-order valence-electron chi connectivity index (χ2n) is 3.93. The monoisotopic (exact) mass is 259 g/mol. The SMILES string of the molecule is Cn1cc(NCc2cn(C)nc2C(F)(F)F)cn1. The van der Waals surface area contributed by atoms with E-state index in [4.69, 9.17) is 0 Å². The normalized spacial score (nSPS) is 11.8. The molecule has 0 saturated carbocycles. The summed E-state index contributed by atoms with van der Waals surface area (Å²) in [7, 11) is 3.19. The predicted octanol–water partition coefficient (Wildman–Crippen LogP) is 1.78. The quantitative estimate of drug-likeness (QED) is 0.914. The van der Waals surface area contributed by atoms with Gasteiger partial charge in [0.2, 0.25) is 0 Å². The average Bonchev–Trinajstić information content (AvgIpc) is 2.81. The summed E-state index contributed by atoms with van der Waals surface area (Å²) in [5.41, 5.74) is -0.0929. The van der Waals surface area contributed by atoms with Crippen LogP contribution in [0, 0.1) is 0 Å². The van der Waals surface area contributed by atoms with Crippen molar-refractivity contribution in [2.75, 3.05) is 5.32 Å². The Morgan fingerprint density at radius 1 is 1.22 bits per heavy atom. The lowest BCUT2D eigenvalue weighted by Crippen LogP contribution is -2.11. The minimum atomic E-state index is -4.44. The van der Waals surface area contributed by atoms with Crippen molar-refractivity contribution in [3.05, 3.63) is 29.8 Å². The Labute approximate surface area is 101 Å². The van der Waals surface area contributed by atoms with E-state index in [-0.39, 0.29) is 12.1 Å². The van der Waals surface area contributed by atoms with Crippen molar-refractivity contribution in [3.63, 3.8) is 0 Å². The van der Waals surface area contributed by atoms with Gasteiger partial charge in [0.15, 0.2) is 5.69 Å². The molecule has 0 saturated heterocycles. The Balaban J connectivity index is 2.14. The zero-order valence-corrected chi connectivity index (χ0v) is 9.86. The summed E-state index contributed by atoms with van der Waals surface area (Å²) in [5.74, 6) is 0. The summed E-state index contributed by atoms with van der Waals surface area (Å²) in [4.78, 5) is 0. The van der Waals surface area contributed by atoms with Crippen LogP contribution in [0.3, 0.4) is 0 Å². The summed E-state index contributed by atoms with van der Waals surface area (Å²) in [6.07, 6.45) is 0.146. The molecule has 0 aliphatic rings. The van der Waals surface area contributed by atoms with E-state index in [1.807, 2.05) is 0 Å². The van der Waals surface area contributed by atoms with Crippen LogP contribution in [-0.4, -0.2) is 19.6 Å². The van der Waals surface area contributed by atoms with Crippen molar-refractivity contribution < 1.29 is 13.2 Å². The van der Waals surface area contributed by atoms with Crippen LogP contribution < -0.4 is 5.32 Å². The topological polar surface area (TPSA) is 47.7 Å². The molecule has 0 radical (unpaired) electrons. The molecule has 5 nitrogen and oxygen atoms in total. The van der Waals surface area contributed by atoms with Crippen LogP contribution in [0.25, 0.3) is 0 Å². The van der Waals surface area contributed by atoms with E-state index in [0.717, 1.165) is 4.68 Å². The first-order valence-corrected chi connectivity index (χ1v) is 5.18. The number of anilines is 1. The van der Waals surface area contributed by atoms with Crippen LogP contribution in [0.1, 0.15) is 11.3 Å². The van der Waals surface area contributed by atoms with Crippen molar-refractivity contribution in [1.29, 1.82) is 0 Å². The van der Waals surface area contributed by atoms with Gasteiger partial charge in [-0.2, -0.15) is 23.4 Å². The van der Waals surface area contributed by atoms with Gasteiger partial charge in [-0.3, -0.25) is 9.36 Å². The van der Waals surface area contributed by atoms with Crippen LogP contribution in [-0.2, 0) is 26.8 Å². The highest BCUT2D eigenvalue weighted by Gasteiger charge is 2.36. The maximum atomic E-state index is 12.7. The smallest absolute Gasteiger partial charge is 0.378 e. The van der Waals surface area contributed by atoms with Crippen LogP contribution >= 0.6 is 0 Å². The first-order valence-electron chi connectivity index (χ1n) is 5.18. The van der Waals surface area contributed by atoms with E-state index in [2.05, 4.69) is 15.5 Å². The van der Waals surface area contributed by atoms with Gasteiger partial charge in [-0.15, -0.1) is 0 Å². The Morgan fingerprint density at radius 2 is 1.94 bits per heavy atom. The molecule has 0 atom stereocenters. The molecule has 2 aromatic heterocycles. The molecule has 1 N–H and O–H groups in total. The van der Waals surface area contributed by atoms with E-state index < -0.39 is 11.9 Å². The molecule has 0 fully saturated rings. The van der Waals surface area contributed by atoms with Gasteiger partial charge in [0.1, 0.15) is 0 Å². The molecule has 0 amide bonds. The molecule has 0 aliphatic carbocycles. The molecule has 0 unspecified atom stereocenters. The van der Waals surface area contributed by atoms with Crippen molar-refractivity contribution in [2.45, 2.75) is 12.7 Å². The number of nitrogens with one attached hydrogen (secondary N) is 1. The number of alkyl halides is 3. The van der Waals surface area contributed by atoms with Gasteiger partial charge in [-0.05, 0) is 0 Å². The third-order valence-corrected chi connectivity index (χ3v) is 2.36. The zero-order valence-electron chi connectivity index (χ0n) is 9.86. The van der Waals surface area contributed by atoms with Gasteiger partial charge in [0, 0.05) is 38.6 Å². The summed E-state index contributed by atoms with van der Waals surface area (Å²) >= 11 is 0. The number of hydrogen-bond acceptors (Lipinski definition) is 3.